The molecule has 3 nitrogen and oxygen atoms in total. The van der Waals surface area contributed by atoms with E-state index in [-0.39, 0.29) is 18.4 Å². The van der Waals surface area contributed by atoms with Crippen LogP contribution < -0.4 is 10.5 Å². The van der Waals surface area contributed by atoms with Crippen LogP contribution in [0.2, 0.25) is 5.02 Å². The van der Waals surface area contributed by atoms with Gasteiger partial charge in [-0.25, -0.2) is 0 Å². The molecule has 0 saturated heterocycles. The Kier molecular flexibility index (Phi) is 7.50. The molecule has 0 aromatic heterocycles. The van der Waals surface area contributed by atoms with Gasteiger partial charge in [-0.3, -0.25) is 0 Å². The number of hydrogen-bond donors (Lipinski definition) is 2. The minimum Gasteiger partial charge on any atom is -0.493 e. The number of rotatable bonds is 8. The predicted molar refractivity (Wildman–Crippen MR) is 89.2 cm³/mol. The number of aryl methyl sites for hydroxylation is 1. The van der Waals surface area contributed by atoms with Gasteiger partial charge in [-0.05, 0) is 67.8 Å². The van der Waals surface area contributed by atoms with E-state index in [1.807, 2.05) is 19.9 Å². The van der Waals surface area contributed by atoms with Crippen LogP contribution in [0.4, 0.5) is 0 Å². The summed E-state index contributed by atoms with van der Waals surface area (Å²) < 4.78 is 5.90. The van der Waals surface area contributed by atoms with Crippen molar-refractivity contribution in [2.45, 2.75) is 40.5 Å². The van der Waals surface area contributed by atoms with Crippen molar-refractivity contribution in [3.05, 3.63) is 27.8 Å². The van der Waals surface area contributed by atoms with Gasteiger partial charge in [-0.1, -0.05) is 25.4 Å². The molecule has 0 aliphatic heterocycles. The fourth-order valence-electron chi connectivity index (χ4n) is 2.53. The molecule has 0 amide bonds. The normalized spacial score (nSPS) is 14.0. The summed E-state index contributed by atoms with van der Waals surface area (Å²) in [5.74, 6) is 1.29. The lowest BCUT2D eigenvalue weighted by atomic mass is 9.86. The van der Waals surface area contributed by atoms with E-state index in [0.717, 1.165) is 40.3 Å². The summed E-state index contributed by atoms with van der Waals surface area (Å²) in [7, 11) is 0. The van der Waals surface area contributed by atoms with Crippen molar-refractivity contribution in [1.29, 1.82) is 0 Å². The molecule has 21 heavy (non-hydrogen) atoms. The average molecular weight is 314 g/mol. The van der Waals surface area contributed by atoms with Crippen LogP contribution in [0, 0.1) is 25.7 Å². The van der Waals surface area contributed by atoms with Gasteiger partial charge in [0.1, 0.15) is 5.75 Å². The van der Waals surface area contributed by atoms with Gasteiger partial charge in [-0.15, -0.1) is 0 Å². The molecule has 2 unspecified atom stereocenters. The fourth-order valence-corrected chi connectivity index (χ4v) is 2.70. The van der Waals surface area contributed by atoms with Crippen molar-refractivity contribution >= 4 is 11.6 Å². The Morgan fingerprint density at radius 1 is 1.38 bits per heavy atom. The number of nitrogens with two attached hydrogens (primary N) is 1. The molecule has 3 N–H and O–H groups in total. The molecule has 4 heteroatoms. The second-order valence-electron chi connectivity index (χ2n) is 5.82. The molecular weight excluding hydrogens is 286 g/mol. The third-order valence-electron chi connectivity index (χ3n) is 4.10. The van der Waals surface area contributed by atoms with E-state index < -0.39 is 0 Å². The highest BCUT2D eigenvalue weighted by Crippen LogP contribution is 2.34. The molecule has 1 aromatic carbocycles. The van der Waals surface area contributed by atoms with Crippen molar-refractivity contribution in [2.75, 3.05) is 19.8 Å². The second-order valence-corrected chi connectivity index (χ2v) is 6.20. The van der Waals surface area contributed by atoms with Gasteiger partial charge in [0.2, 0.25) is 0 Å². The number of halogens is 1. The molecule has 2 atom stereocenters. The number of hydrogen-bond acceptors (Lipinski definition) is 3. The van der Waals surface area contributed by atoms with Gasteiger partial charge in [0.25, 0.3) is 0 Å². The Balaban J connectivity index is 3.10. The molecule has 1 aromatic rings. The van der Waals surface area contributed by atoms with Crippen LogP contribution in [-0.4, -0.2) is 24.9 Å². The lowest BCUT2D eigenvalue weighted by Gasteiger charge is -2.24. The first kappa shape index (κ1) is 18.3. The molecule has 0 spiro atoms. The summed E-state index contributed by atoms with van der Waals surface area (Å²) >= 11 is 6.39. The van der Waals surface area contributed by atoms with E-state index >= 15 is 0 Å². The van der Waals surface area contributed by atoms with Crippen LogP contribution in [0.15, 0.2) is 6.07 Å². The maximum atomic E-state index is 9.42. The van der Waals surface area contributed by atoms with E-state index in [2.05, 4.69) is 13.8 Å². The monoisotopic (exact) mass is 313 g/mol. The zero-order valence-corrected chi connectivity index (χ0v) is 14.3. The van der Waals surface area contributed by atoms with Gasteiger partial charge in [0, 0.05) is 11.6 Å². The Bertz CT molecular complexity index is 459. The Morgan fingerprint density at radius 2 is 2.05 bits per heavy atom. The fraction of sp³-hybridized carbons (Fsp3) is 0.647. The second kappa shape index (κ2) is 8.62. The Morgan fingerprint density at radius 3 is 2.57 bits per heavy atom. The molecule has 1 rings (SSSR count). The minimum atomic E-state index is 0.100. The maximum absolute atomic E-state index is 9.42. The average Bonchev–Trinajstić information content (AvgIpc) is 2.47. The molecular formula is C17H28ClNO2. The Labute approximate surface area is 133 Å². The van der Waals surface area contributed by atoms with Crippen LogP contribution in [0.3, 0.4) is 0 Å². The van der Waals surface area contributed by atoms with Gasteiger partial charge in [0.05, 0.1) is 6.61 Å². The third kappa shape index (κ3) is 4.60. The lowest BCUT2D eigenvalue weighted by Crippen LogP contribution is -2.26. The summed E-state index contributed by atoms with van der Waals surface area (Å²) in [6.45, 7) is 9.54. The highest BCUT2D eigenvalue weighted by Gasteiger charge is 2.20. The summed E-state index contributed by atoms with van der Waals surface area (Å²) in [6, 6.07) is 2.02. The SMILES string of the molecule is CCCOc1cc(C)c(Cl)c(C)c1CC(C)C(CN)CO. The first-order valence-electron chi connectivity index (χ1n) is 7.68. The number of aliphatic hydroxyl groups excluding tert-OH is 1. The Hall–Kier alpha value is -0.770. The zero-order valence-electron chi connectivity index (χ0n) is 13.6. The lowest BCUT2D eigenvalue weighted by molar-refractivity contribution is 0.186. The van der Waals surface area contributed by atoms with E-state index in [1.54, 1.807) is 0 Å². The smallest absolute Gasteiger partial charge is 0.123 e. The van der Waals surface area contributed by atoms with Crippen LogP contribution in [0.5, 0.6) is 5.75 Å². The molecule has 0 fully saturated rings. The van der Waals surface area contributed by atoms with Crippen LogP contribution in [0.1, 0.15) is 37.0 Å². The highest BCUT2D eigenvalue weighted by atomic mass is 35.5. The summed E-state index contributed by atoms with van der Waals surface area (Å²) in [5, 5.41) is 10.2. The summed E-state index contributed by atoms with van der Waals surface area (Å²) in [4.78, 5) is 0. The largest absolute Gasteiger partial charge is 0.493 e. The minimum absolute atomic E-state index is 0.100. The topological polar surface area (TPSA) is 55.5 Å². The standard InChI is InChI=1S/C17H28ClNO2/c1-5-6-21-16-8-12(3)17(18)13(4)15(16)7-11(2)14(9-19)10-20/h8,11,14,20H,5-7,9-10,19H2,1-4H3. The van der Waals surface area contributed by atoms with E-state index in [4.69, 9.17) is 22.1 Å². The highest BCUT2D eigenvalue weighted by molar-refractivity contribution is 6.32. The molecule has 0 aliphatic rings. The van der Waals surface area contributed by atoms with Gasteiger partial charge in [-0.2, -0.15) is 0 Å². The maximum Gasteiger partial charge on any atom is 0.123 e. The molecule has 120 valence electrons. The van der Waals surface area contributed by atoms with E-state index in [1.165, 1.54) is 0 Å². The zero-order chi connectivity index (χ0) is 16.0. The molecule has 0 saturated carbocycles. The van der Waals surface area contributed by atoms with Crippen molar-refractivity contribution in [3.8, 4) is 5.75 Å². The third-order valence-corrected chi connectivity index (χ3v) is 4.68. The van der Waals surface area contributed by atoms with Crippen molar-refractivity contribution in [2.24, 2.45) is 17.6 Å². The van der Waals surface area contributed by atoms with E-state index in [9.17, 15) is 5.11 Å². The summed E-state index contributed by atoms with van der Waals surface area (Å²) in [6.07, 6.45) is 1.78. The number of ether oxygens (including phenoxy) is 1. The van der Waals surface area contributed by atoms with Gasteiger partial charge < -0.3 is 15.6 Å². The van der Waals surface area contributed by atoms with Crippen molar-refractivity contribution < 1.29 is 9.84 Å². The van der Waals surface area contributed by atoms with Crippen LogP contribution in [0.25, 0.3) is 0 Å². The summed E-state index contributed by atoms with van der Waals surface area (Å²) in [5.41, 5.74) is 8.98. The van der Waals surface area contributed by atoms with Crippen molar-refractivity contribution in [3.63, 3.8) is 0 Å². The van der Waals surface area contributed by atoms with Gasteiger partial charge >= 0.3 is 0 Å². The first-order chi connectivity index (χ1) is 9.96. The molecule has 0 heterocycles. The van der Waals surface area contributed by atoms with Crippen molar-refractivity contribution in [1.82, 2.24) is 0 Å². The number of benzene rings is 1. The first-order valence-corrected chi connectivity index (χ1v) is 8.06. The molecule has 0 radical (unpaired) electrons. The van der Waals surface area contributed by atoms with Crippen LogP contribution >= 0.6 is 11.6 Å². The predicted octanol–water partition coefficient (Wildman–Crippen LogP) is 3.49. The number of aliphatic hydroxyl groups is 1. The molecule has 0 aliphatic carbocycles. The van der Waals surface area contributed by atoms with Crippen LogP contribution in [-0.2, 0) is 6.42 Å². The van der Waals surface area contributed by atoms with E-state index in [0.29, 0.717) is 13.2 Å². The molecule has 0 bridgehead atoms. The van der Waals surface area contributed by atoms with Gasteiger partial charge in [0.15, 0.2) is 0 Å². The quantitative estimate of drug-likeness (QED) is 0.772.